The molecule has 2 aromatic rings. The number of nitrogens with one attached hydrogen (secondary N) is 1. The first-order chi connectivity index (χ1) is 12.1. The van der Waals surface area contributed by atoms with Crippen LogP contribution in [0.4, 0.5) is 11.4 Å². The van der Waals surface area contributed by atoms with Gasteiger partial charge in [-0.25, -0.2) is 0 Å². The van der Waals surface area contributed by atoms with Crippen LogP contribution < -0.4 is 10.2 Å². The zero-order valence-corrected chi connectivity index (χ0v) is 14.9. The predicted octanol–water partition coefficient (Wildman–Crippen LogP) is 3.08. The summed E-state index contributed by atoms with van der Waals surface area (Å²) in [7, 11) is 1.99. The summed E-state index contributed by atoms with van der Waals surface area (Å²) in [4.78, 5) is 24.1. The van der Waals surface area contributed by atoms with E-state index in [1.54, 1.807) is 12.1 Å². The van der Waals surface area contributed by atoms with Gasteiger partial charge in [0.1, 0.15) is 0 Å². The third-order valence-corrected chi connectivity index (χ3v) is 4.62. The molecule has 25 heavy (non-hydrogen) atoms. The van der Waals surface area contributed by atoms with Gasteiger partial charge in [0.05, 0.1) is 10.7 Å². The van der Waals surface area contributed by atoms with Crippen molar-refractivity contribution in [2.24, 2.45) is 0 Å². The Morgan fingerprint density at radius 2 is 1.84 bits per heavy atom. The Kier molecular flexibility index (Phi) is 7.28. The number of hydrogen-bond donors (Lipinski definition) is 1. The van der Waals surface area contributed by atoms with Gasteiger partial charge in [-0.15, -0.1) is 11.8 Å². The Labute approximate surface area is 151 Å². The van der Waals surface area contributed by atoms with Crippen molar-refractivity contribution in [2.75, 3.05) is 30.8 Å². The average Bonchev–Trinajstić information content (AvgIpc) is 2.63. The number of thioether (sulfide) groups is 1. The van der Waals surface area contributed by atoms with Crippen LogP contribution in [0.15, 0.2) is 54.6 Å². The number of carbonyl (C=O) groups is 1. The lowest BCUT2D eigenvalue weighted by Gasteiger charge is -2.19. The second-order valence-electron chi connectivity index (χ2n) is 5.52. The molecule has 6 nitrogen and oxygen atoms in total. The molecule has 0 heterocycles. The summed E-state index contributed by atoms with van der Waals surface area (Å²) in [5, 5.41) is 13.5. The smallest absolute Gasteiger partial charge is 0.269 e. The summed E-state index contributed by atoms with van der Waals surface area (Å²) in [6.45, 7) is 1.32. The molecule has 0 radical (unpaired) electrons. The molecule has 0 aliphatic carbocycles. The molecule has 0 aliphatic heterocycles. The lowest BCUT2D eigenvalue weighted by atomic mass is 10.2. The number of nitro groups is 1. The number of non-ortho nitro benzene ring substituents is 1. The highest BCUT2D eigenvalue weighted by atomic mass is 32.2. The maximum absolute atomic E-state index is 11.9. The highest BCUT2D eigenvalue weighted by Gasteiger charge is 2.06. The highest BCUT2D eigenvalue weighted by Crippen LogP contribution is 2.16. The van der Waals surface area contributed by atoms with E-state index in [4.69, 9.17) is 0 Å². The van der Waals surface area contributed by atoms with Crippen LogP contribution in [0.5, 0.6) is 0 Å². The number of likely N-dealkylation sites (N-methyl/N-ethyl adjacent to an activating group) is 1. The predicted molar refractivity (Wildman–Crippen MR) is 102 cm³/mol. The van der Waals surface area contributed by atoms with Crippen LogP contribution in [0, 0.1) is 10.1 Å². The fraction of sp³-hybridized carbons (Fsp3) is 0.278. The summed E-state index contributed by atoms with van der Waals surface area (Å²) in [6, 6.07) is 16.4. The van der Waals surface area contributed by atoms with Crippen LogP contribution >= 0.6 is 11.8 Å². The van der Waals surface area contributed by atoms with Crippen molar-refractivity contribution in [3.63, 3.8) is 0 Å². The fourth-order valence-corrected chi connectivity index (χ4v) is 3.02. The zero-order valence-electron chi connectivity index (χ0n) is 14.1. The maximum Gasteiger partial charge on any atom is 0.269 e. The molecule has 0 bridgehead atoms. The molecule has 2 aromatic carbocycles. The largest absolute Gasteiger partial charge is 0.373 e. The zero-order chi connectivity index (χ0) is 18.1. The van der Waals surface area contributed by atoms with Crippen molar-refractivity contribution in [1.82, 2.24) is 5.32 Å². The molecule has 132 valence electrons. The first-order valence-corrected chi connectivity index (χ1v) is 9.05. The van der Waals surface area contributed by atoms with Crippen LogP contribution in [0.1, 0.15) is 5.56 Å². The monoisotopic (exact) mass is 359 g/mol. The lowest BCUT2D eigenvalue weighted by Crippen LogP contribution is -2.33. The van der Waals surface area contributed by atoms with E-state index in [1.807, 2.05) is 37.4 Å². The van der Waals surface area contributed by atoms with E-state index >= 15 is 0 Å². The molecule has 0 fully saturated rings. The van der Waals surface area contributed by atoms with E-state index < -0.39 is 4.92 Å². The maximum atomic E-state index is 11.9. The Hall–Kier alpha value is -2.54. The molecule has 0 aromatic heterocycles. The summed E-state index contributed by atoms with van der Waals surface area (Å²) in [5.74, 6) is 1.01. The van der Waals surface area contributed by atoms with Crippen molar-refractivity contribution >= 4 is 29.0 Å². The van der Waals surface area contributed by atoms with Gasteiger partial charge in [0.15, 0.2) is 0 Å². The van der Waals surface area contributed by atoms with E-state index in [9.17, 15) is 14.9 Å². The van der Waals surface area contributed by atoms with Gasteiger partial charge >= 0.3 is 0 Å². The molecule has 1 amide bonds. The summed E-state index contributed by atoms with van der Waals surface area (Å²) in [5.41, 5.74) is 2.16. The molecular formula is C18H21N3O3S. The number of benzene rings is 2. The van der Waals surface area contributed by atoms with Gasteiger partial charge in [-0.1, -0.05) is 30.3 Å². The highest BCUT2D eigenvalue weighted by molar-refractivity contribution is 7.99. The average molecular weight is 359 g/mol. The third-order valence-electron chi connectivity index (χ3n) is 3.62. The summed E-state index contributed by atoms with van der Waals surface area (Å²) < 4.78 is 0. The second-order valence-corrected chi connectivity index (χ2v) is 6.51. The van der Waals surface area contributed by atoms with E-state index in [0.29, 0.717) is 18.1 Å². The molecule has 0 saturated carbocycles. The minimum Gasteiger partial charge on any atom is -0.373 e. The first kappa shape index (κ1) is 18.8. The molecule has 0 saturated heterocycles. The number of nitrogens with zero attached hydrogens (tertiary/aromatic N) is 2. The van der Waals surface area contributed by atoms with Gasteiger partial charge in [-0.05, 0) is 17.7 Å². The Bertz CT molecular complexity index is 692. The van der Waals surface area contributed by atoms with Gasteiger partial charge in [0.2, 0.25) is 5.91 Å². The molecule has 0 aliphatic rings. The second kappa shape index (κ2) is 9.68. The Morgan fingerprint density at radius 1 is 1.16 bits per heavy atom. The number of rotatable bonds is 9. The Balaban J connectivity index is 1.63. The van der Waals surface area contributed by atoms with E-state index in [-0.39, 0.29) is 11.6 Å². The molecular weight excluding hydrogens is 338 g/mol. The van der Waals surface area contributed by atoms with E-state index in [1.165, 1.54) is 23.9 Å². The quantitative estimate of drug-likeness (QED) is 0.550. The van der Waals surface area contributed by atoms with Gasteiger partial charge < -0.3 is 10.2 Å². The number of hydrogen-bond acceptors (Lipinski definition) is 5. The number of carbonyl (C=O) groups excluding carboxylic acids is 1. The van der Waals surface area contributed by atoms with Crippen LogP contribution in [-0.4, -0.2) is 36.7 Å². The summed E-state index contributed by atoms with van der Waals surface area (Å²) in [6.07, 6.45) is 0. The topological polar surface area (TPSA) is 75.5 Å². The minimum atomic E-state index is -0.420. The van der Waals surface area contributed by atoms with Gasteiger partial charge in [0.25, 0.3) is 5.69 Å². The Morgan fingerprint density at radius 3 is 2.48 bits per heavy atom. The van der Waals surface area contributed by atoms with Crippen molar-refractivity contribution in [1.29, 1.82) is 0 Å². The first-order valence-electron chi connectivity index (χ1n) is 7.90. The molecule has 0 atom stereocenters. The third kappa shape index (κ3) is 6.46. The standard InChI is InChI=1S/C18H21N3O3S/c1-20(16-5-3-2-4-6-16)12-11-19-18(22)14-25-13-15-7-9-17(10-8-15)21(23)24/h2-10H,11-14H2,1H3,(H,19,22). The summed E-state index contributed by atoms with van der Waals surface area (Å²) >= 11 is 1.49. The minimum absolute atomic E-state index is 0.00614. The van der Waals surface area contributed by atoms with Gasteiger partial charge in [-0.2, -0.15) is 0 Å². The molecule has 1 N–H and O–H groups in total. The van der Waals surface area contributed by atoms with E-state index in [2.05, 4.69) is 10.2 Å². The van der Waals surface area contributed by atoms with E-state index in [0.717, 1.165) is 17.8 Å². The van der Waals surface area contributed by atoms with Crippen LogP contribution in [-0.2, 0) is 10.5 Å². The van der Waals surface area contributed by atoms with Crippen LogP contribution in [0.25, 0.3) is 0 Å². The lowest BCUT2D eigenvalue weighted by molar-refractivity contribution is -0.384. The van der Waals surface area contributed by atoms with Crippen LogP contribution in [0.3, 0.4) is 0 Å². The van der Waals surface area contributed by atoms with Crippen molar-refractivity contribution < 1.29 is 9.72 Å². The van der Waals surface area contributed by atoms with Gasteiger partial charge in [0, 0.05) is 43.7 Å². The van der Waals surface area contributed by atoms with Gasteiger partial charge in [-0.3, -0.25) is 14.9 Å². The number of amides is 1. The molecule has 7 heteroatoms. The van der Waals surface area contributed by atoms with Crippen LogP contribution in [0.2, 0.25) is 0 Å². The molecule has 0 spiro atoms. The van der Waals surface area contributed by atoms with Crippen molar-refractivity contribution in [3.05, 3.63) is 70.3 Å². The number of para-hydroxylation sites is 1. The molecule has 0 unspecified atom stereocenters. The van der Waals surface area contributed by atoms with Crippen molar-refractivity contribution in [3.8, 4) is 0 Å². The number of anilines is 1. The normalized spacial score (nSPS) is 10.3. The van der Waals surface area contributed by atoms with Crippen molar-refractivity contribution in [2.45, 2.75) is 5.75 Å². The number of nitro benzene ring substituents is 1. The molecule has 2 rings (SSSR count). The SMILES string of the molecule is CN(CCNC(=O)CSCc1ccc([N+](=O)[O-])cc1)c1ccccc1. The fourth-order valence-electron chi connectivity index (χ4n) is 2.20.